The standard InChI is InChI=1S/C33H35F3N6O.C26H29F3N6O.C3H8O/c34-33(35,36)31-23-38(21-24-4-2-1-3-5-24)14-19-41(31)28-10-8-25(9-11-28)27-20-30-29(12-13-37-42(30)22-27)39-15-17-40(18-16-39)32(43)26-6-7-26;27-26(28,29)24-16-30-9-10-34(24)21-5-3-18(4-6-21)20-15-23-22(7-8-31-35(23)17-20)32-11-13-33(14-12-32)25(36)19-1-2-19;1-3(2)4/h1-5,8-13,20,22,26,31H,6-7,14-19,21,23H2;3-8,15,17,19,24,30H,1-2,9-14,16H2;3-4H,1-2H3. The molecule has 83 heavy (non-hydrogen) atoms. The number of carbonyl (C=O) groups is 2. The third-order valence-corrected chi connectivity index (χ3v) is 16.5. The summed E-state index contributed by atoms with van der Waals surface area (Å²) in [6, 6.07) is 29.4. The maximum absolute atomic E-state index is 14.2. The van der Waals surface area contributed by atoms with E-state index in [1.54, 1.807) is 50.5 Å². The molecule has 0 bridgehead atoms. The van der Waals surface area contributed by atoms with Crippen LogP contribution in [0.3, 0.4) is 0 Å². The van der Waals surface area contributed by atoms with Crippen molar-refractivity contribution >= 4 is 45.6 Å². The zero-order valence-electron chi connectivity index (χ0n) is 46.9. The minimum Gasteiger partial charge on any atom is -0.394 e. The van der Waals surface area contributed by atoms with Crippen LogP contribution in [0.15, 0.2) is 128 Å². The predicted molar refractivity (Wildman–Crippen MR) is 311 cm³/mol. The second kappa shape index (κ2) is 24.5. The van der Waals surface area contributed by atoms with Gasteiger partial charge in [-0.3, -0.25) is 14.5 Å². The number of amides is 2. The van der Waals surface area contributed by atoms with E-state index in [1.165, 1.54) is 9.80 Å². The highest BCUT2D eigenvalue weighted by Gasteiger charge is 2.47. The molecule has 4 aliphatic heterocycles. The lowest BCUT2D eigenvalue weighted by Gasteiger charge is -2.43. The molecule has 15 nitrogen and oxygen atoms in total. The van der Waals surface area contributed by atoms with E-state index < -0.39 is 24.4 Å². The molecular formula is C62H72F6N12O3. The first kappa shape index (κ1) is 57.5. The second-order valence-electron chi connectivity index (χ2n) is 22.8. The Labute approximate surface area is 479 Å². The normalized spacial score (nSPS) is 20.1. The van der Waals surface area contributed by atoms with Gasteiger partial charge in [0.05, 0.1) is 22.4 Å². The van der Waals surface area contributed by atoms with Gasteiger partial charge in [0.25, 0.3) is 0 Å². The number of anilines is 4. The molecule has 2 aliphatic carbocycles. The largest absolute Gasteiger partial charge is 0.409 e. The van der Waals surface area contributed by atoms with E-state index in [-0.39, 0.29) is 31.0 Å². The number of aliphatic hydroxyl groups excluding tert-OH is 1. The van der Waals surface area contributed by atoms with Crippen molar-refractivity contribution in [3.8, 4) is 22.3 Å². The minimum atomic E-state index is -4.34. The molecule has 3 aromatic carbocycles. The highest BCUT2D eigenvalue weighted by molar-refractivity contribution is 5.84. The summed E-state index contributed by atoms with van der Waals surface area (Å²) in [5, 5.41) is 19.9. The van der Waals surface area contributed by atoms with Crippen molar-refractivity contribution in [1.29, 1.82) is 0 Å². The number of aromatic nitrogens is 4. The number of hydrogen-bond donors (Lipinski definition) is 2. The van der Waals surface area contributed by atoms with Crippen LogP contribution in [0.4, 0.5) is 49.1 Å². The Bertz CT molecular complexity index is 3310. The van der Waals surface area contributed by atoms with Gasteiger partial charge in [-0.2, -0.15) is 36.5 Å². The molecule has 2 saturated carbocycles. The van der Waals surface area contributed by atoms with E-state index in [4.69, 9.17) is 5.11 Å². The first-order valence-electron chi connectivity index (χ1n) is 29.0. The Balaban J connectivity index is 0.000000165. The molecule has 6 aliphatic rings. The third kappa shape index (κ3) is 13.5. The number of aliphatic hydroxyl groups is 1. The molecule has 0 radical (unpaired) electrons. The SMILES string of the molecule is CC(C)O.O=C(C1CC1)N1CCN(c2ccnn3cc(-c4ccc(N5CCN(Cc6ccccc6)CC5C(F)(F)F)cc4)cc23)CC1.O=C(C1CC1)N1CCN(c2ccnn3cc(-c4ccc(N5CCNCC5C(F)(F)F)cc4)cc23)CC1. The number of carbonyl (C=O) groups excluding carboxylic acids is 2. The van der Waals surface area contributed by atoms with Gasteiger partial charge in [0.15, 0.2) is 0 Å². The average Bonchev–Trinajstić information content (AvgIpc) is 4.60. The molecule has 440 valence electrons. The summed E-state index contributed by atoms with van der Waals surface area (Å²) in [4.78, 5) is 38.3. The van der Waals surface area contributed by atoms with Crippen LogP contribution in [0.5, 0.6) is 0 Å². The van der Waals surface area contributed by atoms with Gasteiger partial charge in [0.2, 0.25) is 11.8 Å². The number of piperazine rings is 4. The maximum Gasteiger partial charge on any atom is 0.409 e. The number of rotatable bonds is 10. The number of hydrogen-bond acceptors (Lipinski definition) is 11. The number of alkyl halides is 6. The summed E-state index contributed by atoms with van der Waals surface area (Å²) in [5.74, 6) is 1.07. The molecule has 2 atom stereocenters. The minimum absolute atomic E-state index is 0.0670. The van der Waals surface area contributed by atoms with Crippen molar-refractivity contribution in [1.82, 2.24) is 39.2 Å². The number of nitrogens with zero attached hydrogens (tertiary/aromatic N) is 11. The van der Waals surface area contributed by atoms with E-state index in [0.29, 0.717) is 55.9 Å². The topological polar surface area (TPSA) is 124 Å². The van der Waals surface area contributed by atoms with Crippen LogP contribution in [0, 0.1) is 11.8 Å². The first-order chi connectivity index (χ1) is 39.9. The molecule has 4 saturated heterocycles. The summed E-state index contributed by atoms with van der Waals surface area (Å²) in [5.41, 5.74) is 10.00. The van der Waals surface area contributed by atoms with Gasteiger partial charge in [-0.25, -0.2) is 9.03 Å². The molecule has 8 heterocycles. The van der Waals surface area contributed by atoms with Gasteiger partial charge >= 0.3 is 12.4 Å². The molecule has 4 aromatic heterocycles. The van der Waals surface area contributed by atoms with E-state index in [0.717, 1.165) is 128 Å². The van der Waals surface area contributed by atoms with Crippen LogP contribution in [0.2, 0.25) is 0 Å². The van der Waals surface area contributed by atoms with Crippen molar-refractivity contribution in [2.24, 2.45) is 11.8 Å². The molecular weight excluding hydrogens is 1070 g/mol. The van der Waals surface area contributed by atoms with Crippen molar-refractivity contribution in [3.63, 3.8) is 0 Å². The van der Waals surface area contributed by atoms with E-state index >= 15 is 0 Å². The lowest BCUT2D eigenvalue weighted by Crippen LogP contribution is -2.59. The number of halogens is 6. The monoisotopic (exact) mass is 1150 g/mol. The van der Waals surface area contributed by atoms with Crippen LogP contribution in [-0.4, -0.2) is 173 Å². The fourth-order valence-corrected chi connectivity index (χ4v) is 11.8. The third-order valence-electron chi connectivity index (χ3n) is 16.5. The zero-order valence-corrected chi connectivity index (χ0v) is 46.9. The van der Waals surface area contributed by atoms with Crippen LogP contribution in [0.1, 0.15) is 45.1 Å². The molecule has 2 N–H and O–H groups in total. The summed E-state index contributed by atoms with van der Waals surface area (Å²) < 4.78 is 87.0. The van der Waals surface area contributed by atoms with Crippen molar-refractivity contribution in [3.05, 3.63) is 133 Å². The summed E-state index contributed by atoms with van der Waals surface area (Å²) in [6.45, 7) is 11.5. The Morgan fingerprint density at radius 1 is 0.566 bits per heavy atom. The van der Waals surface area contributed by atoms with Crippen molar-refractivity contribution in [2.75, 3.05) is 111 Å². The molecule has 2 amide bonds. The van der Waals surface area contributed by atoms with Crippen molar-refractivity contribution < 1.29 is 41.0 Å². The van der Waals surface area contributed by atoms with Gasteiger partial charge < -0.3 is 39.8 Å². The fraction of sp³-hybridized carbons (Fsp3) is 0.452. The molecule has 21 heteroatoms. The van der Waals surface area contributed by atoms with Crippen LogP contribution >= 0.6 is 0 Å². The van der Waals surface area contributed by atoms with Crippen molar-refractivity contribution in [2.45, 2.75) is 76.6 Å². The zero-order chi connectivity index (χ0) is 58.0. The quantitative estimate of drug-likeness (QED) is 0.128. The van der Waals surface area contributed by atoms with Gasteiger partial charge in [-0.1, -0.05) is 54.6 Å². The number of benzene rings is 3. The Morgan fingerprint density at radius 2 is 1.01 bits per heavy atom. The average molecular weight is 1150 g/mol. The molecule has 7 aromatic rings. The maximum atomic E-state index is 14.2. The smallest absolute Gasteiger partial charge is 0.394 e. The molecule has 2 unspecified atom stereocenters. The van der Waals surface area contributed by atoms with Crippen LogP contribution < -0.4 is 24.9 Å². The van der Waals surface area contributed by atoms with E-state index in [1.807, 2.05) is 103 Å². The van der Waals surface area contributed by atoms with E-state index in [2.05, 4.69) is 37.4 Å². The van der Waals surface area contributed by atoms with E-state index in [9.17, 15) is 35.9 Å². The summed E-state index contributed by atoms with van der Waals surface area (Å²) in [7, 11) is 0. The van der Waals surface area contributed by atoms with Gasteiger partial charge in [-0.15, -0.1) is 0 Å². The fourth-order valence-electron chi connectivity index (χ4n) is 11.8. The number of nitrogens with one attached hydrogen (secondary N) is 1. The van der Waals surface area contributed by atoms with Gasteiger partial charge in [-0.05, 0) is 105 Å². The first-order valence-corrected chi connectivity index (χ1v) is 29.0. The van der Waals surface area contributed by atoms with Crippen LogP contribution in [0.25, 0.3) is 33.3 Å². The predicted octanol–water partition coefficient (Wildman–Crippen LogP) is 9.10. The summed E-state index contributed by atoms with van der Waals surface area (Å²) in [6.07, 6.45) is 2.76. The Kier molecular flexibility index (Phi) is 16.9. The van der Waals surface area contributed by atoms with Gasteiger partial charge in [0, 0.05) is 163 Å². The highest BCUT2D eigenvalue weighted by Crippen LogP contribution is 2.38. The molecule has 0 spiro atoms. The lowest BCUT2D eigenvalue weighted by molar-refractivity contribution is -0.157. The Hall–Kier alpha value is -7.36. The van der Waals surface area contributed by atoms with Gasteiger partial charge in [0.1, 0.15) is 12.1 Å². The molecule has 6 fully saturated rings. The summed E-state index contributed by atoms with van der Waals surface area (Å²) >= 11 is 0. The molecule has 13 rings (SSSR count). The Morgan fingerprint density at radius 3 is 1.45 bits per heavy atom. The van der Waals surface area contributed by atoms with Crippen LogP contribution in [-0.2, 0) is 16.1 Å². The number of fused-ring (bicyclic) bond motifs is 2. The highest BCUT2D eigenvalue weighted by atomic mass is 19.4. The second-order valence-corrected chi connectivity index (χ2v) is 22.8. The lowest BCUT2D eigenvalue weighted by atomic mass is 10.1.